The van der Waals surface area contributed by atoms with Gasteiger partial charge in [0, 0.05) is 63.8 Å². The van der Waals surface area contributed by atoms with E-state index in [2.05, 4.69) is 517 Å². The Balaban J connectivity index is 0.000000141. The van der Waals surface area contributed by atoms with Crippen LogP contribution < -0.4 is 0 Å². The van der Waals surface area contributed by atoms with Crippen LogP contribution in [-0.4, -0.2) is 38.7 Å². The molecule has 0 bridgehead atoms. The van der Waals surface area contributed by atoms with Crippen LogP contribution in [0.1, 0.15) is 286 Å². The number of azo groups is 1. The predicted octanol–water partition coefficient (Wildman–Crippen LogP) is 36.8. The highest BCUT2D eigenvalue weighted by Gasteiger charge is 2.28. The summed E-state index contributed by atoms with van der Waals surface area (Å²) < 4.78 is 8.54. The Hall–Kier alpha value is -13.2. The maximum Gasteiger partial charge on any atom is 0.108 e. The van der Waals surface area contributed by atoms with Crippen LogP contribution in [0.25, 0.3) is 98.4 Å². The first-order valence-electron chi connectivity index (χ1n) is 50.2. The van der Waals surface area contributed by atoms with E-state index >= 15 is 0 Å². The van der Waals surface area contributed by atoms with Crippen LogP contribution in [0, 0.1) is 6.92 Å². The largest absolute Gasteiger partial charge is 0.256 e. The van der Waals surface area contributed by atoms with Crippen LogP contribution in [0.3, 0.4) is 0 Å². The molecule has 0 unspecified atom stereocenters. The van der Waals surface area contributed by atoms with Gasteiger partial charge < -0.3 is 0 Å². The Labute approximate surface area is 852 Å². The van der Waals surface area contributed by atoms with Gasteiger partial charge in [-0.15, -0.1) is 0 Å². The molecule has 0 atom stereocenters. The number of pyridine rings is 4. The number of fused-ring (bicyclic) bond motifs is 12. The highest BCUT2D eigenvalue weighted by atomic mass is 32.1. The minimum atomic E-state index is 0.148. The second kappa shape index (κ2) is 44.9. The molecule has 21 rings (SSSR count). The Morgan fingerprint density at radius 2 is 0.648 bits per heavy atom. The Morgan fingerprint density at radius 3 is 1.27 bits per heavy atom. The maximum absolute atomic E-state index is 4.64. The molecule has 0 saturated heterocycles. The van der Waals surface area contributed by atoms with E-state index in [1.807, 2.05) is 68.0 Å². The summed E-state index contributed by atoms with van der Waals surface area (Å²) in [6, 6.07) is 107. The van der Waals surface area contributed by atoms with Crippen molar-refractivity contribution in [1.82, 2.24) is 38.7 Å². The van der Waals surface area contributed by atoms with Crippen molar-refractivity contribution in [2.24, 2.45) is 10.2 Å². The molecule has 0 radical (unpaired) electrons. The van der Waals surface area contributed by atoms with Gasteiger partial charge in [-0.25, -0.2) is 0 Å². The quantitative estimate of drug-likeness (QED) is 0.147. The van der Waals surface area contributed by atoms with Crippen molar-refractivity contribution >= 4 is 105 Å². The Kier molecular flexibility index (Phi) is 34.1. The SMILES string of the molecule is CC(C)(C)c1ccc2c(c1)N=NC2.CC(C)(C)c1ccc2ccccc2c1.CC(C)(C)c1ccc2ncccc2c1.CC(C)(C)c1ccc2nccnc2c1.CC(C)(C)c1cccc2c1Cc1ccccc1-2.CC(C)(C)c1cccc2ccccc12.CC(C)(C)c1cccc2ncccc12.CC(C)(C)c1cccc2nsnc12.CC(C)(C)c1cnc2ccccc2c1.Cc1ccc2cccc(C(C)(C)C)c2n1. The monoisotopic (exact) mass is 1900 g/mol. The molecule has 0 N–H and O–H groups in total. The van der Waals surface area contributed by atoms with Gasteiger partial charge in [-0.05, 0) is 240 Å². The number of hydrogen-bond acceptors (Lipinski definition) is 11. The number of benzene rings is 13. The first-order chi connectivity index (χ1) is 66.7. The van der Waals surface area contributed by atoms with Gasteiger partial charge in [0.05, 0.1) is 57.1 Å². The molecule has 6 aromatic heterocycles. The standard InChI is InChI=1S/C17H18.C14H17N.2C14H16.3C13H15N.C12H14N2.C11H14N2.C10H12N2S/c1-17(2,3)16-10-6-9-14-13-8-5-4-7-12(13)11-15(14)16;1-10-8-9-11-6-5-7-12(13(11)15-10)14(2,3)4;1-14(2,3)13-10-6-8-11-7-4-5-9-12(11)13;1-14(2,3)13-9-8-11-6-4-5-7-12(11)10-13;1-13(2,3)11-7-4-8-12-10(11)6-5-9-14-12;1-13(2,3)11-6-7-12-10(9-11)5-4-8-14-12;1-13(2,3)11-8-10-6-4-5-7-12(10)14-9-11;1-12(2,3)9-4-5-10-11(8-9)14-7-6-13-10;1-11(2,3)9-5-4-8-7-12-13-10(8)6-9;1-10(2,3)7-5-4-6-8-9(7)12-13-11-8/h4-10H,11H2,1-3H3;5-9H,1-4H3;2*4-10H,1-3H3;3*4-9H,1-3H3;4-8H,1-3H3;4-6H,7H2,1-3H3;4-6H,1-3H3. The predicted molar refractivity (Wildman–Crippen MR) is 613 cm³/mol. The zero-order valence-electron chi connectivity index (χ0n) is 90.5. The summed E-state index contributed by atoms with van der Waals surface area (Å²) in [6.45, 7) is 69.7. The van der Waals surface area contributed by atoms with E-state index in [0.29, 0.717) is 0 Å². The highest BCUT2D eigenvalue weighted by Crippen LogP contribution is 2.43. The molecule has 142 heavy (non-hydrogen) atoms. The van der Waals surface area contributed by atoms with Gasteiger partial charge in [0.1, 0.15) is 11.0 Å². The molecule has 0 spiro atoms. The number of nitrogens with zero attached hydrogens (tertiary/aromatic N) is 10. The zero-order chi connectivity index (χ0) is 103. The molecule has 0 amide bonds. The van der Waals surface area contributed by atoms with E-state index < -0.39 is 0 Å². The number of hydrogen-bond donors (Lipinski definition) is 0. The highest BCUT2D eigenvalue weighted by molar-refractivity contribution is 7.00. The zero-order valence-corrected chi connectivity index (χ0v) is 91.4. The van der Waals surface area contributed by atoms with E-state index in [9.17, 15) is 0 Å². The van der Waals surface area contributed by atoms with Crippen molar-refractivity contribution in [2.45, 2.75) is 282 Å². The first-order valence-corrected chi connectivity index (χ1v) is 51.0. The van der Waals surface area contributed by atoms with Crippen molar-refractivity contribution < 1.29 is 0 Å². The van der Waals surface area contributed by atoms with E-state index in [4.69, 9.17) is 0 Å². The van der Waals surface area contributed by atoms with E-state index in [1.165, 1.54) is 138 Å². The van der Waals surface area contributed by atoms with Crippen LogP contribution in [0.15, 0.2) is 345 Å². The lowest BCUT2D eigenvalue weighted by Gasteiger charge is -2.22. The number of aromatic nitrogens is 8. The minimum Gasteiger partial charge on any atom is -0.256 e. The molecule has 0 saturated carbocycles. The van der Waals surface area contributed by atoms with E-state index in [1.54, 1.807) is 12.4 Å². The smallest absolute Gasteiger partial charge is 0.108 e. The van der Waals surface area contributed by atoms with Gasteiger partial charge in [0.2, 0.25) is 0 Å². The van der Waals surface area contributed by atoms with Crippen LogP contribution >= 0.6 is 11.7 Å². The Bertz CT molecular complexity index is 7060. The third kappa shape index (κ3) is 28.8. The fraction of sp³-hybridized carbons (Fsp3) is 0.328. The molecular weight excluding hydrogens is 1750 g/mol. The molecule has 2 aliphatic rings. The van der Waals surface area contributed by atoms with Gasteiger partial charge >= 0.3 is 0 Å². The third-order valence-electron chi connectivity index (χ3n) is 25.7. The molecule has 10 nitrogen and oxygen atoms in total. The molecule has 11 heteroatoms. The summed E-state index contributed by atoms with van der Waals surface area (Å²) in [5.41, 5.74) is 33.1. The van der Waals surface area contributed by atoms with Gasteiger partial charge in [0.25, 0.3) is 0 Å². The van der Waals surface area contributed by atoms with Crippen LogP contribution in [0.5, 0.6) is 0 Å². The average Bonchev–Trinajstić information content (AvgIpc) is 1.57. The van der Waals surface area contributed by atoms with E-state index in [-0.39, 0.29) is 54.1 Å². The minimum absolute atomic E-state index is 0.148. The lowest BCUT2D eigenvalue weighted by molar-refractivity contribution is 0.585. The number of aryl methyl sites for hydroxylation is 1. The van der Waals surface area contributed by atoms with Gasteiger partial charge in [-0.1, -0.05) is 438 Å². The summed E-state index contributed by atoms with van der Waals surface area (Å²) in [5.74, 6) is 0. The van der Waals surface area contributed by atoms with Crippen LogP contribution in [0.4, 0.5) is 5.69 Å². The van der Waals surface area contributed by atoms with Crippen molar-refractivity contribution in [2.75, 3.05) is 0 Å². The van der Waals surface area contributed by atoms with Gasteiger partial charge in [-0.3, -0.25) is 29.9 Å². The lowest BCUT2D eigenvalue weighted by atomic mass is 9.82. The number of para-hydroxylation sites is 2. The second-order valence-corrected chi connectivity index (χ2v) is 48.3. The molecule has 19 aromatic rings. The normalized spacial score (nSPS) is 12.4. The first kappa shape index (κ1) is 108. The van der Waals surface area contributed by atoms with Crippen LogP contribution in [0.2, 0.25) is 0 Å². The van der Waals surface area contributed by atoms with Crippen LogP contribution in [-0.2, 0) is 67.1 Å². The second-order valence-electron chi connectivity index (χ2n) is 47.7. The topological polar surface area (TPSA) is 128 Å². The summed E-state index contributed by atoms with van der Waals surface area (Å²) >= 11 is 1.28. The van der Waals surface area contributed by atoms with Crippen molar-refractivity contribution in [3.05, 3.63) is 412 Å². The average molecular weight is 1900 g/mol. The van der Waals surface area contributed by atoms with E-state index in [0.717, 1.165) is 68.5 Å². The molecule has 732 valence electrons. The molecular formula is C131H152N10S. The van der Waals surface area contributed by atoms with Crippen molar-refractivity contribution in [1.29, 1.82) is 0 Å². The molecule has 1 aliphatic carbocycles. The van der Waals surface area contributed by atoms with Gasteiger partial charge in [-0.2, -0.15) is 19.0 Å². The maximum atomic E-state index is 4.64. The molecule has 0 fully saturated rings. The molecule has 1 aliphatic heterocycles. The third-order valence-corrected chi connectivity index (χ3v) is 26.3. The fourth-order valence-corrected chi connectivity index (χ4v) is 17.9. The van der Waals surface area contributed by atoms with Crippen molar-refractivity contribution in [3.8, 4) is 11.1 Å². The molecule has 13 aromatic carbocycles. The van der Waals surface area contributed by atoms with Crippen molar-refractivity contribution in [3.63, 3.8) is 0 Å². The summed E-state index contributed by atoms with van der Waals surface area (Å²) in [6.07, 6.45) is 10.2. The summed E-state index contributed by atoms with van der Waals surface area (Å²) in [4.78, 5) is 26.3. The fourth-order valence-electron chi connectivity index (χ4n) is 17.3. The lowest BCUT2D eigenvalue weighted by Crippen LogP contribution is -2.13. The Morgan fingerprint density at radius 1 is 0.239 bits per heavy atom. The summed E-state index contributed by atoms with van der Waals surface area (Å²) in [5, 5.41) is 18.4. The molecule has 7 heterocycles. The number of rotatable bonds is 0. The summed E-state index contributed by atoms with van der Waals surface area (Å²) in [7, 11) is 0. The van der Waals surface area contributed by atoms with Gasteiger partial charge in [0.15, 0.2) is 0 Å².